The van der Waals surface area contributed by atoms with Crippen molar-refractivity contribution in [2.45, 2.75) is 12.8 Å². The van der Waals surface area contributed by atoms with E-state index in [0.717, 1.165) is 8.95 Å². The van der Waals surface area contributed by atoms with Gasteiger partial charge in [-0.25, -0.2) is 0 Å². The van der Waals surface area contributed by atoms with Crippen LogP contribution in [-0.4, -0.2) is 11.8 Å². The summed E-state index contributed by atoms with van der Waals surface area (Å²) in [6.07, 6.45) is 0.119. The number of amides is 2. The molecule has 2 aromatic carbocycles. The highest BCUT2D eigenvalue weighted by Gasteiger charge is 2.09. The molecule has 0 saturated heterocycles. The molecule has 0 fully saturated rings. The van der Waals surface area contributed by atoms with Crippen LogP contribution < -0.4 is 10.6 Å². The van der Waals surface area contributed by atoms with Crippen molar-refractivity contribution < 1.29 is 9.59 Å². The van der Waals surface area contributed by atoms with Gasteiger partial charge in [0.25, 0.3) is 0 Å². The molecule has 2 N–H and O–H groups in total. The maximum Gasteiger partial charge on any atom is 0.224 e. The molecular weight excluding hydrogens is 483 g/mol. The number of rotatable bonds is 5. The Kier molecular flexibility index (Phi) is 7.10. The summed E-state index contributed by atoms with van der Waals surface area (Å²) < 4.78 is 1.49. The molecule has 0 aromatic heterocycles. The number of benzene rings is 2. The van der Waals surface area contributed by atoms with Gasteiger partial charge in [-0.3, -0.25) is 9.59 Å². The van der Waals surface area contributed by atoms with Crippen molar-refractivity contribution >= 4 is 78.3 Å². The van der Waals surface area contributed by atoms with Crippen molar-refractivity contribution in [3.63, 3.8) is 0 Å². The van der Waals surface area contributed by atoms with Crippen molar-refractivity contribution in [1.82, 2.24) is 0 Å². The van der Waals surface area contributed by atoms with Gasteiger partial charge in [-0.2, -0.15) is 0 Å². The van der Waals surface area contributed by atoms with Crippen molar-refractivity contribution in [1.29, 1.82) is 0 Å². The summed E-state index contributed by atoms with van der Waals surface area (Å²) in [5, 5.41) is 6.38. The highest BCUT2D eigenvalue weighted by molar-refractivity contribution is 9.10. The average Bonchev–Trinajstić information content (AvgIpc) is 2.53. The molecule has 0 saturated carbocycles. The number of anilines is 2. The number of carbonyl (C=O) groups excluding carboxylic acids is 2. The van der Waals surface area contributed by atoms with Gasteiger partial charge in [-0.05, 0) is 68.3 Å². The second kappa shape index (κ2) is 8.85. The Labute approximate surface area is 166 Å². The van der Waals surface area contributed by atoms with Crippen molar-refractivity contribution in [2.75, 3.05) is 10.6 Å². The summed E-state index contributed by atoms with van der Waals surface area (Å²) in [6, 6.07) is 10.2. The molecule has 2 aromatic rings. The summed E-state index contributed by atoms with van der Waals surface area (Å²) >= 11 is 18.5. The first-order valence-corrected chi connectivity index (χ1v) is 9.19. The maximum absolute atomic E-state index is 11.9. The first-order chi connectivity index (χ1) is 11.3. The second-order valence-electron chi connectivity index (χ2n) is 4.85. The van der Waals surface area contributed by atoms with Crippen LogP contribution >= 0.6 is 55.1 Å². The highest BCUT2D eigenvalue weighted by Crippen LogP contribution is 2.26. The van der Waals surface area contributed by atoms with Gasteiger partial charge in [0.05, 0.1) is 10.0 Å². The zero-order valence-electron chi connectivity index (χ0n) is 12.2. The number of hydrogen-bond acceptors (Lipinski definition) is 2. The van der Waals surface area contributed by atoms with Crippen LogP contribution in [0.4, 0.5) is 11.4 Å². The van der Waals surface area contributed by atoms with Gasteiger partial charge in [0.1, 0.15) is 0 Å². The lowest BCUT2D eigenvalue weighted by molar-refractivity contribution is -0.121. The van der Waals surface area contributed by atoms with E-state index in [1.54, 1.807) is 36.4 Å². The molecule has 0 aliphatic heterocycles. The van der Waals surface area contributed by atoms with Crippen molar-refractivity contribution in [3.8, 4) is 0 Å². The van der Waals surface area contributed by atoms with Gasteiger partial charge < -0.3 is 10.6 Å². The predicted molar refractivity (Wildman–Crippen MR) is 105 cm³/mol. The largest absolute Gasteiger partial charge is 0.326 e. The van der Waals surface area contributed by atoms with Crippen LogP contribution in [0, 0.1) is 0 Å². The summed E-state index contributed by atoms with van der Waals surface area (Å²) in [7, 11) is 0. The smallest absolute Gasteiger partial charge is 0.224 e. The molecular formula is C16H12Br2Cl2N2O2. The molecule has 0 unspecified atom stereocenters. The Morgan fingerprint density at radius 1 is 0.792 bits per heavy atom. The van der Waals surface area contributed by atoms with E-state index in [4.69, 9.17) is 23.2 Å². The number of halogens is 4. The number of hydrogen-bond donors (Lipinski definition) is 2. The minimum atomic E-state index is -0.266. The summed E-state index contributed by atoms with van der Waals surface area (Å²) in [4.78, 5) is 23.8. The first-order valence-electron chi connectivity index (χ1n) is 6.85. The Morgan fingerprint density at radius 3 is 1.50 bits per heavy atom. The fourth-order valence-corrected chi connectivity index (χ4v) is 2.68. The van der Waals surface area contributed by atoms with E-state index in [1.165, 1.54) is 0 Å². The lowest BCUT2D eigenvalue weighted by Gasteiger charge is -2.08. The molecule has 0 heterocycles. The zero-order chi connectivity index (χ0) is 17.7. The molecule has 0 atom stereocenters. The Bertz CT molecular complexity index is 719. The standard InChI is InChI=1S/C16H12Br2Cl2N2O2/c17-11-3-1-9(7-13(11)19)21-15(23)5-6-16(24)22-10-2-4-12(18)14(20)8-10/h1-4,7-8H,5-6H2,(H,21,23)(H,22,24). The molecule has 0 radical (unpaired) electrons. The summed E-state index contributed by atoms with van der Waals surface area (Å²) in [6.45, 7) is 0. The minimum absolute atomic E-state index is 0.0593. The predicted octanol–water partition coefficient (Wildman–Crippen LogP) is 5.88. The van der Waals surface area contributed by atoms with Gasteiger partial charge in [-0.15, -0.1) is 0 Å². The van der Waals surface area contributed by atoms with Crippen molar-refractivity contribution in [2.24, 2.45) is 0 Å². The van der Waals surface area contributed by atoms with E-state index >= 15 is 0 Å². The lowest BCUT2D eigenvalue weighted by Crippen LogP contribution is -2.17. The molecule has 0 aliphatic rings. The topological polar surface area (TPSA) is 58.2 Å². The quantitative estimate of drug-likeness (QED) is 0.545. The second-order valence-corrected chi connectivity index (χ2v) is 7.38. The van der Waals surface area contributed by atoms with Crippen molar-refractivity contribution in [3.05, 3.63) is 55.4 Å². The van der Waals surface area contributed by atoms with E-state index in [9.17, 15) is 9.59 Å². The monoisotopic (exact) mass is 492 g/mol. The van der Waals surface area contributed by atoms with E-state index in [2.05, 4.69) is 42.5 Å². The minimum Gasteiger partial charge on any atom is -0.326 e. The molecule has 126 valence electrons. The summed E-state index contributed by atoms with van der Waals surface area (Å²) in [5.74, 6) is -0.533. The van der Waals surface area contributed by atoms with Crippen LogP contribution in [0.5, 0.6) is 0 Å². The van der Waals surface area contributed by atoms with E-state index in [1.807, 2.05) is 0 Å². The SMILES string of the molecule is O=C(CCC(=O)Nc1ccc(Br)c(Cl)c1)Nc1ccc(Br)c(Cl)c1. The van der Waals surface area contributed by atoms with E-state index < -0.39 is 0 Å². The summed E-state index contributed by atoms with van der Waals surface area (Å²) in [5.41, 5.74) is 1.15. The van der Waals surface area contributed by atoms with Gasteiger partial charge in [0.15, 0.2) is 0 Å². The number of nitrogens with one attached hydrogen (secondary N) is 2. The molecule has 4 nitrogen and oxygen atoms in total. The lowest BCUT2D eigenvalue weighted by atomic mass is 10.2. The van der Waals surface area contributed by atoms with Crippen LogP contribution in [-0.2, 0) is 9.59 Å². The maximum atomic E-state index is 11.9. The molecule has 8 heteroatoms. The fourth-order valence-electron chi connectivity index (χ4n) is 1.82. The van der Waals surface area contributed by atoms with Crippen LogP contribution in [0.25, 0.3) is 0 Å². The third kappa shape index (κ3) is 5.77. The van der Waals surface area contributed by atoms with Gasteiger partial charge in [-0.1, -0.05) is 23.2 Å². The van der Waals surface area contributed by atoms with E-state index in [-0.39, 0.29) is 24.7 Å². The zero-order valence-corrected chi connectivity index (χ0v) is 16.9. The van der Waals surface area contributed by atoms with Crippen LogP contribution in [0.1, 0.15) is 12.8 Å². The third-order valence-electron chi connectivity index (χ3n) is 2.99. The molecule has 0 bridgehead atoms. The number of carbonyl (C=O) groups is 2. The first kappa shape index (κ1) is 19.2. The molecule has 2 amide bonds. The van der Waals surface area contributed by atoms with Crippen LogP contribution in [0.15, 0.2) is 45.3 Å². The Balaban J connectivity index is 1.83. The highest BCUT2D eigenvalue weighted by atomic mass is 79.9. The third-order valence-corrected chi connectivity index (χ3v) is 5.45. The Hall–Kier alpha value is -1.08. The van der Waals surface area contributed by atoms with Crippen LogP contribution in [0.3, 0.4) is 0 Å². The van der Waals surface area contributed by atoms with Crippen LogP contribution in [0.2, 0.25) is 10.0 Å². The van der Waals surface area contributed by atoms with Gasteiger partial charge in [0.2, 0.25) is 11.8 Å². The molecule has 0 aliphatic carbocycles. The molecule has 2 rings (SSSR count). The fraction of sp³-hybridized carbons (Fsp3) is 0.125. The Morgan fingerprint density at radius 2 is 1.17 bits per heavy atom. The van der Waals surface area contributed by atoms with Gasteiger partial charge >= 0.3 is 0 Å². The van der Waals surface area contributed by atoms with E-state index in [0.29, 0.717) is 21.4 Å². The molecule has 0 spiro atoms. The normalized spacial score (nSPS) is 10.3. The average molecular weight is 495 g/mol. The van der Waals surface area contributed by atoms with Gasteiger partial charge in [0, 0.05) is 33.2 Å². The molecule has 24 heavy (non-hydrogen) atoms.